The molecule has 0 saturated carbocycles. The van der Waals surface area contributed by atoms with Gasteiger partial charge in [-0.15, -0.1) is 0 Å². The van der Waals surface area contributed by atoms with Crippen molar-refractivity contribution >= 4 is 28.8 Å². The molecule has 0 spiro atoms. The summed E-state index contributed by atoms with van der Waals surface area (Å²) < 4.78 is 1.71. The van der Waals surface area contributed by atoms with Crippen LogP contribution in [0.15, 0.2) is 12.7 Å². The van der Waals surface area contributed by atoms with Crippen LogP contribution in [-0.4, -0.2) is 54.5 Å². The van der Waals surface area contributed by atoms with E-state index in [1.807, 2.05) is 0 Å². The van der Waals surface area contributed by atoms with Crippen LogP contribution in [0.1, 0.15) is 6.92 Å². The van der Waals surface area contributed by atoms with Crippen molar-refractivity contribution in [2.24, 2.45) is 0 Å². The van der Waals surface area contributed by atoms with E-state index >= 15 is 0 Å². The van der Waals surface area contributed by atoms with Crippen LogP contribution >= 0.6 is 0 Å². The summed E-state index contributed by atoms with van der Waals surface area (Å²) in [5, 5.41) is 8.51. The van der Waals surface area contributed by atoms with Crippen molar-refractivity contribution in [3.63, 3.8) is 0 Å². The molecule has 2 aromatic rings. The molecule has 0 radical (unpaired) electrons. The lowest BCUT2D eigenvalue weighted by Gasteiger charge is -2.19. The lowest BCUT2D eigenvalue weighted by Crippen LogP contribution is -2.40. The number of carbonyl (C=O) groups is 2. The lowest BCUT2D eigenvalue weighted by atomic mass is 10.4. The zero-order valence-electron chi connectivity index (χ0n) is 11.4. The Morgan fingerprint density at radius 3 is 2.86 bits per heavy atom. The second-order valence-corrected chi connectivity index (χ2v) is 4.34. The number of nitrogens with zero attached hydrogens (tertiary/aromatic N) is 5. The Morgan fingerprint density at radius 2 is 2.19 bits per heavy atom. The van der Waals surface area contributed by atoms with Gasteiger partial charge in [-0.2, -0.15) is 0 Å². The fourth-order valence-electron chi connectivity index (χ4n) is 1.85. The molecule has 10 heteroatoms. The van der Waals surface area contributed by atoms with E-state index in [9.17, 15) is 9.59 Å². The molecular formula is C11H15N7O3. The summed E-state index contributed by atoms with van der Waals surface area (Å²) in [7, 11) is 0. The summed E-state index contributed by atoms with van der Waals surface area (Å²) in [6, 6.07) is 0. The highest BCUT2D eigenvalue weighted by Gasteiger charge is 2.14. The minimum Gasteiger partial charge on any atom is -0.382 e. The Morgan fingerprint density at radius 1 is 1.43 bits per heavy atom. The van der Waals surface area contributed by atoms with Gasteiger partial charge in [0.1, 0.15) is 18.4 Å². The van der Waals surface area contributed by atoms with Crippen LogP contribution in [-0.2, 0) is 16.1 Å². The normalized spacial score (nSPS) is 10.6. The maximum Gasteiger partial charge on any atom is 0.262 e. The molecule has 21 heavy (non-hydrogen) atoms. The quantitative estimate of drug-likeness (QED) is 0.463. The number of hydrogen-bond donors (Lipinski definition) is 3. The maximum atomic E-state index is 11.5. The number of fused-ring (bicyclic) bond motifs is 1. The Labute approximate surface area is 119 Å². The highest BCUT2D eigenvalue weighted by atomic mass is 16.5. The van der Waals surface area contributed by atoms with Crippen LogP contribution in [0.25, 0.3) is 11.2 Å². The van der Waals surface area contributed by atoms with Crippen LogP contribution in [0.5, 0.6) is 0 Å². The Hall–Kier alpha value is -2.75. The highest BCUT2D eigenvalue weighted by molar-refractivity contribution is 5.83. The molecule has 10 nitrogen and oxygen atoms in total. The van der Waals surface area contributed by atoms with E-state index in [1.165, 1.54) is 23.6 Å². The molecule has 0 atom stereocenters. The van der Waals surface area contributed by atoms with E-state index in [-0.39, 0.29) is 24.8 Å². The molecule has 112 valence electrons. The van der Waals surface area contributed by atoms with Crippen molar-refractivity contribution in [2.75, 3.05) is 18.8 Å². The Bertz CT molecular complexity index is 669. The third-order valence-electron chi connectivity index (χ3n) is 2.94. The first kappa shape index (κ1) is 14.7. The fourth-order valence-corrected chi connectivity index (χ4v) is 1.85. The van der Waals surface area contributed by atoms with Crippen molar-refractivity contribution in [1.29, 1.82) is 0 Å². The zero-order chi connectivity index (χ0) is 15.4. The number of aromatic nitrogens is 4. The SMILES string of the molecule is CC(=O)N(CCn1cnc2c(N)ncnc21)CC(=O)NO. The third kappa shape index (κ3) is 3.23. The molecule has 0 aromatic carbocycles. The van der Waals surface area contributed by atoms with Gasteiger partial charge in [0.2, 0.25) is 5.91 Å². The van der Waals surface area contributed by atoms with E-state index in [2.05, 4.69) is 15.0 Å². The first-order valence-electron chi connectivity index (χ1n) is 6.12. The van der Waals surface area contributed by atoms with Crippen LogP contribution in [0.3, 0.4) is 0 Å². The standard InChI is InChI=1S/C11H15N7O3/c1-7(19)17(4-8(20)16-21)2-3-18-6-15-9-10(12)13-5-14-11(9)18/h5-6,21H,2-4H2,1H3,(H,16,20)(H2,12,13,14). The fraction of sp³-hybridized carbons (Fsp3) is 0.364. The van der Waals surface area contributed by atoms with E-state index < -0.39 is 5.91 Å². The first-order valence-corrected chi connectivity index (χ1v) is 6.12. The third-order valence-corrected chi connectivity index (χ3v) is 2.94. The summed E-state index contributed by atoms with van der Waals surface area (Å²) in [5.74, 6) is -0.661. The average Bonchev–Trinajstić information content (AvgIpc) is 2.87. The lowest BCUT2D eigenvalue weighted by molar-refractivity contribution is -0.138. The molecule has 4 N–H and O–H groups in total. The van der Waals surface area contributed by atoms with Crippen molar-refractivity contribution < 1.29 is 14.8 Å². The van der Waals surface area contributed by atoms with Gasteiger partial charge in [-0.1, -0.05) is 0 Å². The minimum atomic E-state index is -0.660. The van der Waals surface area contributed by atoms with Crippen LogP contribution in [0.4, 0.5) is 5.82 Å². The van der Waals surface area contributed by atoms with Crippen LogP contribution < -0.4 is 11.2 Å². The highest BCUT2D eigenvalue weighted by Crippen LogP contribution is 2.13. The van der Waals surface area contributed by atoms with E-state index in [1.54, 1.807) is 10.9 Å². The van der Waals surface area contributed by atoms with E-state index in [0.29, 0.717) is 17.7 Å². The van der Waals surface area contributed by atoms with Gasteiger partial charge in [-0.05, 0) is 0 Å². The van der Waals surface area contributed by atoms with Crippen molar-refractivity contribution in [3.05, 3.63) is 12.7 Å². The van der Waals surface area contributed by atoms with Gasteiger partial charge in [0.05, 0.1) is 6.33 Å². The molecule has 0 fully saturated rings. The summed E-state index contributed by atoms with van der Waals surface area (Å²) in [5.41, 5.74) is 8.22. The smallest absolute Gasteiger partial charge is 0.262 e. The number of nitrogens with one attached hydrogen (secondary N) is 1. The van der Waals surface area contributed by atoms with Crippen molar-refractivity contribution in [1.82, 2.24) is 29.9 Å². The van der Waals surface area contributed by atoms with Crippen LogP contribution in [0, 0.1) is 0 Å². The Kier molecular flexibility index (Phi) is 4.28. The van der Waals surface area contributed by atoms with Gasteiger partial charge in [-0.25, -0.2) is 20.4 Å². The molecule has 0 unspecified atom stereocenters. The largest absolute Gasteiger partial charge is 0.382 e. The molecule has 0 aliphatic carbocycles. The molecule has 0 saturated heterocycles. The van der Waals surface area contributed by atoms with Gasteiger partial charge in [0, 0.05) is 20.0 Å². The number of hydroxylamine groups is 1. The van der Waals surface area contributed by atoms with Gasteiger partial charge in [0.25, 0.3) is 5.91 Å². The number of amides is 2. The maximum absolute atomic E-state index is 11.5. The monoisotopic (exact) mass is 293 g/mol. The van der Waals surface area contributed by atoms with Crippen molar-refractivity contribution in [3.8, 4) is 0 Å². The van der Waals surface area contributed by atoms with Gasteiger partial charge >= 0.3 is 0 Å². The summed E-state index contributed by atoms with van der Waals surface area (Å²) in [6.45, 7) is 1.76. The average molecular weight is 293 g/mol. The molecule has 2 rings (SSSR count). The Balaban J connectivity index is 2.11. The van der Waals surface area contributed by atoms with Gasteiger partial charge in [0.15, 0.2) is 11.5 Å². The van der Waals surface area contributed by atoms with Gasteiger partial charge in [-0.3, -0.25) is 14.8 Å². The molecule has 0 aliphatic heterocycles. The second kappa shape index (κ2) is 6.13. The molecule has 2 aromatic heterocycles. The number of hydrogen-bond acceptors (Lipinski definition) is 7. The second-order valence-electron chi connectivity index (χ2n) is 4.34. The van der Waals surface area contributed by atoms with E-state index in [0.717, 1.165) is 0 Å². The predicted molar refractivity (Wildman–Crippen MR) is 71.9 cm³/mol. The predicted octanol–water partition coefficient (Wildman–Crippen LogP) is -1.24. The summed E-state index contributed by atoms with van der Waals surface area (Å²) in [4.78, 5) is 35.9. The number of nitrogen functional groups attached to an aromatic ring is 1. The number of carbonyl (C=O) groups excluding carboxylic acids is 2. The molecule has 2 amide bonds. The molecule has 2 heterocycles. The van der Waals surface area contributed by atoms with Crippen LogP contribution in [0.2, 0.25) is 0 Å². The minimum absolute atomic E-state index is 0.227. The van der Waals surface area contributed by atoms with E-state index in [4.69, 9.17) is 10.9 Å². The number of anilines is 1. The van der Waals surface area contributed by atoms with Crippen molar-refractivity contribution in [2.45, 2.75) is 13.5 Å². The number of imidazole rings is 1. The zero-order valence-corrected chi connectivity index (χ0v) is 11.4. The first-order chi connectivity index (χ1) is 10.0. The molecule has 0 bridgehead atoms. The number of nitrogens with two attached hydrogens (primary N) is 1. The summed E-state index contributed by atoms with van der Waals surface area (Å²) in [6.07, 6.45) is 2.87. The summed E-state index contributed by atoms with van der Waals surface area (Å²) >= 11 is 0. The molecule has 0 aliphatic rings. The van der Waals surface area contributed by atoms with Gasteiger partial charge < -0.3 is 15.2 Å². The number of rotatable bonds is 5. The topological polar surface area (TPSA) is 139 Å². The molecular weight excluding hydrogens is 278 g/mol.